The van der Waals surface area contributed by atoms with Crippen LogP contribution < -0.4 is 25.5 Å². The lowest BCUT2D eigenvalue weighted by molar-refractivity contribution is 0.487. The first-order valence-electron chi connectivity index (χ1n) is 9.08. The average molecular weight is 464 g/mol. The van der Waals surface area contributed by atoms with Gasteiger partial charge in [0.15, 0.2) is 8.07 Å². The summed E-state index contributed by atoms with van der Waals surface area (Å²) in [5.74, 6) is 1.80. The van der Waals surface area contributed by atoms with Crippen molar-refractivity contribution in [2.75, 3.05) is 0 Å². The zero-order valence-corrected chi connectivity index (χ0v) is 18.2. The SMILES string of the molecule is Clc1ccc2c(c1)[Si](c1ccccc1)(c1ccccc1)c1cc(Br)ccc1O2. The highest BCUT2D eigenvalue weighted by Crippen LogP contribution is 2.31. The third-order valence-corrected chi connectivity index (χ3v) is 10.8. The molecule has 0 amide bonds. The molecule has 28 heavy (non-hydrogen) atoms. The average Bonchev–Trinajstić information content (AvgIpc) is 2.74. The fourth-order valence-electron chi connectivity index (χ4n) is 4.20. The van der Waals surface area contributed by atoms with Gasteiger partial charge in [-0.05, 0) is 57.1 Å². The van der Waals surface area contributed by atoms with Crippen LogP contribution in [0.2, 0.25) is 5.02 Å². The first kappa shape index (κ1) is 17.7. The van der Waals surface area contributed by atoms with Crippen LogP contribution in [0.15, 0.2) is 102 Å². The Morgan fingerprint density at radius 3 is 1.79 bits per heavy atom. The van der Waals surface area contributed by atoms with Gasteiger partial charge in [0.25, 0.3) is 0 Å². The topological polar surface area (TPSA) is 9.23 Å². The number of fused-ring (bicyclic) bond motifs is 2. The molecule has 0 spiro atoms. The molecule has 136 valence electrons. The van der Waals surface area contributed by atoms with Crippen molar-refractivity contribution in [1.29, 1.82) is 0 Å². The molecule has 0 aliphatic carbocycles. The predicted octanol–water partition coefficient (Wildman–Crippen LogP) is 4.59. The summed E-state index contributed by atoms with van der Waals surface area (Å²) in [4.78, 5) is 0. The molecule has 0 saturated heterocycles. The molecule has 0 saturated carbocycles. The number of hydrogen-bond acceptors (Lipinski definition) is 1. The van der Waals surface area contributed by atoms with Crippen LogP contribution >= 0.6 is 27.5 Å². The maximum atomic E-state index is 6.49. The maximum absolute atomic E-state index is 6.49. The number of benzene rings is 4. The van der Waals surface area contributed by atoms with Crippen LogP contribution in [-0.4, -0.2) is 8.07 Å². The predicted molar refractivity (Wildman–Crippen MR) is 123 cm³/mol. The minimum Gasteiger partial charge on any atom is -0.458 e. The third-order valence-electron chi connectivity index (χ3n) is 5.32. The van der Waals surface area contributed by atoms with E-state index in [-0.39, 0.29) is 0 Å². The molecule has 4 aromatic carbocycles. The zero-order chi connectivity index (χ0) is 19.1. The Kier molecular flexibility index (Phi) is 4.39. The second-order valence-corrected chi connectivity index (χ2v) is 11.9. The molecule has 5 rings (SSSR count). The monoisotopic (exact) mass is 462 g/mol. The highest BCUT2D eigenvalue weighted by Gasteiger charge is 2.48. The molecule has 0 N–H and O–H groups in total. The number of hydrogen-bond donors (Lipinski definition) is 0. The molecule has 1 aliphatic heterocycles. The van der Waals surface area contributed by atoms with Crippen molar-refractivity contribution in [2.45, 2.75) is 0 Å². The van der Waals surface area contributed by atoms with Crippen molar-refractivity contribution < 1.29 is 4.74 Å². The Bertz CT molecular complexity index is 1070. The Morgan fingerprint density at radius 2 is 1.18 bits per heavy atom. The van der Waals surface area contributed by atoms with Crippen LogP contribution in [0, 0.1) is 0 Å². The van der Waals surface area contributed by atoms with Crippen LogP contribution in [0.4, 0.5) is 0 Å². The van der Waals surface area contributed by atoms with Gasteiger partial charge < -0.3 is 4.74 Å². The second-order valence-electron chi connectivity index (χ2n) is 6.87. The van der Waals surface area contributed by atoms with Crippen molar-refractivity contribution in [1.82, 2.24) is 0 Å². The highest BCUT2D eigenvalue weighted by atomic mass is 79.9. The van der Waals surface area contributed by atoms with E-state index in [0.717, 1.165) is 21.0 Å². The van der Waals surface area contributed by atoms with Gasteiger partial charge in [0.1, 0.15) is 11.5 Å². The van der Waals surface area contributed by atoms with E-state index in [0.29, 0.717) is 0 Å². The van der Waals surface area contributed by atoms with E-state index in [1.165, 1.54) is 20.7 Å². The number of ether oxygens (including phenoxy) is 1. The summed E-state index contributed by atoms with van der Waals surface area (Å²) < 4.78 is 7.39. The summed E-state index contributed by atoms with van der Waals surface area (Å²) in [6.07, 6.45) is 0. The van der Waals surface area contributed by atoms with Crippen LogP contribution in [-0.2, 0) is 0 Å². The quantitative estimate of drug-likeness (QED) is 0.348. The molecule has 0 radical (unpaired) electrons. The molecular formula is C24H16BrClOSi. The molecule has 1 nitrogen and oxygen atoms in total. The lowest BCUT2D eigenvalue weighted by Gasteiger charge is -2.39. The molecule has 0 atom stereocenters. The van der Waals surface area contributed by atoms with Crippen molar-refractivity contribution in [3.05, 3.63) is 107 Å². The number of halogens is 2. The van der Waals surface area contributed by atoms with Crippen LogP contribution in [0.25, 0.3) is 0 Å². The van der Waals surface area contributed by atoms with E-state index >= 15 is 0 Å². The first-order chi connectivity index (χ1) is 13.7. The minimum atomic E-state index is -2.58. The van der Waals surface area contributed by atoms with Crippen LogP contribution in [0.1, 0.15) is 0 Å². The van der Waals surface area contributed by atoms with Gasteiger partial charge in [0.2, 0.25) is 0 Å². The normalized spacial score (nSPS) is 13.9. The summed E-state index contributed by atoms with van der Waals surface area (Å²) in [6.45, 7) is 0. The highest BCUT2D eigenvalue weighted by molar-refractivity contribution is 9.10. The number of rotatable bonds is 2. The molecule has 0 fully saturated rings. The smallest absolute Gasteiger partial charge is 0.188 e. The Hall–Kier alpha value is -2.33. The largest absolute Gasteiger partial charge is 0.458 e. The van der Waals surface area contributed by atoms with Gasteiger partial charge in [0, 0.05) is 9.50 Å². The molecule has 4 heteroatoms. The lowest BCUT2D eigenvalue weighted by atomic mass is 10.3. The van der Waals surface area contributed by atoms with Gasteiger partial charge >= 0.3 is 0 Å². The molecule has 0 unspecified atom stereocenters. The van der Waals surface area contributed by atoms with Gasteiger partial charge in [0.05, 0.1) is 0 Å². The molecule has 4 aromatic rings. The van der Waals surface area contributed by atoms with E-state index in [2.05, 4.69) is 94.8 Å². The van der Waals surface area contributed by atoms with E-state index in [4.69, 9.17) is 16.3 Å². The Balaban J connectivity index is 1.99. The van der Waals surface area contributed by atoms with E-state index < -0.39 is 8.07 Å². The Labute approximate surface area is 178 Å². The van der Waals surface area contributed by atoms with Crippen LogP contribution in [0.5, 0.6) is 11.5 Å². The van der Waals surface area contributed by atoms with Gasteiger partial charge in [-0.3, -0.25) is 0 Å². The molecule has 0 aromatic heterocycles. The maximum Gasteiger partial charge on any atom is 0.188 e. The summed E-state index contributed by atoms with van der Waals surface area (Å²) in [5.41, 5.74) is 0. The van der Waals surface area contributed by atoms with E-state index in [1.54, 1.807) is 0 Å². The van der Waals surface area contributed by atoms with Crippen molar-refractivity contribution in [3.8, 4) is 11.5 Å². The van der Waals surface area contributed by atoms with E-state index in [1.807, 2.05) is 18.2 Å². The summed E-state index contributed by atoms with van der Waals surface area (Å²) in [7, 11) is -2.58. The first-order valence-corrected chi connectivity index (χ1v) is 12.3. The lowest BCUT2D eigenvalue weighted by Crippen LogP contribution is -2.76. The van der Waals surface area contributed by atoms with E-state index in [9.17, 15) is 0 Å². The summed E-state index contributed by atoms with van der Waals surface area (Å²) >= 11 is 10.2. The fourth-order valence-corrected chi connectivity index (χ4v) is 10.0. The molecule has 0 bridgehead atoms. The second kappa shape index (κ2) is 6.93. The van der Waals surface area contributed by atoms with Gasteiger partial charge in [-0.1, -0.05) is 88.2 Å². The Morgan fingerprint density at radius 1 is 0.643 bits per heavy atom. The van der Waals surface area contributed by atoms with Gasteiger partial charge in [-0.2, -0.15) is 0 Å². The van der Waals surface area contributed by atoms with Crippen LogP contribution in [0.3, 0.4) is 0 Å². The van der Waals surface area contributed by atoms with Crippen molar-refractivity contribution in [3.63, 3.8) is 0 Å². The molecule has 1 heterocycles. The third kappa shape index (κ3) is 2.66. The van der Waals surface area contributed by atoms with Gasteiger partial charge in [-0.15, -0.1) is 0 Å². The fraction of sp³-hybridized carbons (Fsp3) is 0. The summed E-state index contributed by atoms with van der Waals surface area (Å²) in [5, 5.41) is 5.77. The molecular weight excluding hydrogens is 448 g/mol. The van der Waals surface area contributed by atoms with Crippen molar-refractivity contribution >= 4 is 56.4 Å². The minimum absolute atomic E-state index is 0.726. The van der Waals surface area contributed by atoms with Crippen molar-refractivity contribution in [2.24, 2.45) is 0 Å². The standard InChI is InChI=1S/C24H16BrClOSi/c25-17-11-13-21-23(15-17)28(19-7-3-1-4-8-19,20-9-5-2-6-10-20)24-16-18(26)12-14-22(24)27-21/h1-16H. The summed E-state index contributed by atoms with van der Waals surface area (Å²) in [6, 6.07) is 33.8. The van der Waals surface area contributed by atoms with Gasteiger partial charge in [-0.25, -0.2) is 0 Å². The molecule has 1 aliphatic rings. The zero-order valence-electron chi connectivity index (χ0n) is 14.9.